The fourth-order valence-electron chi connectivity index (χ4n) is 7.39. The Morgan fingerprint density at radius 3 is 2.62 bits per heavy atom. The van der Waals surface area contributed by atoms with E-state index in [-0.39, 0.29) is 41.8 Å². The molecule has 4 heteroatoms. The lowest BCUT2D eigenvalue weighted by atomic mass is 9.46. The van der Waals surface area contributed by atoms with Crippen molar-refractivity contribution in [3.05, 3.63) is 11.6 Å². The predicted octanol–water partition coefficient (Wildman–Crippen LogP) is 1.86. The van der Waals surface area contributed by atoms with Gasteiger partial charge in [-0.1, -0.05) is 31.4 Å². The van der Waals surface area contributed by atoms with E-state index in [4.69, 9.17) is 6.42 Å². The summed E-state index contributed by atoms with van der Waals surface area (Å²) in [6.45, 7) is 4.19. The standard InChI is InChI=1S/C22H32O4/c1-4-22(26)13(2)9-17-19-16(6-7-20(17,22)3)21(12-23)8-5-15(24)10-14(21)11-18(19)25/h1,11,13,15-19,23-26H,5-10,12H2,2-3H3/t13-,15+,16?,17?,18?,19?,20+,21-,22+/m1/s1. The highest BCUT2D eigenvalue weighted by Crippen LogP contribution is 2.68. The summed E-state index contributed by atoms with van der Waals surface area (Å²) >= 11 is 0. The second-order valence-electron chi connectivity index (χ2n) is 9.69. The highest BCUT2D eigenvalue weighted by atomic mass is 16.3. The Morgan fingerprint density at radius 2 is 1.96 bits per heavy atom. The highest BCUT2D eigenvalue weighted by molar-refractivity contribution is 5.32. The smallest absolute Gasteiger partial charge is 0.133 e. The van der Waals surface area contributed by atoms with E-state index in [2.05, 4.69) is 12.8 Å². The van der Waals surface area contributed by atoms with Gasteiger partial charge in [0.25, 0.3) is 0 Å². The molecule has 4 rings (SSSR count). The van der Waals surface area contributed by atoms with Crippen LogP contribution >= 0.6 is 0 Å². The molecule has 144 valence electrons. The minimum absolute atomic E-state index is 0.00270. The number of hydrogen-bond acceptors (Lipinski definition) is 4. The third kappa shape index (κ3) is 2.06. The summed E-state index contributed by atoms with van der Waals surface area (Å²) in [6.07, 6.45) is 11.2. The number of hydrogen-bond donors (Lipinski definition) is 4. The molecular weight excluding hydrogens is 328 g/mol. The van der Waals surface area contributed by atoms with Gasteiger partial charge in [-0.2, -0.15) is 0 Å². The van der Waals surface area contributed by atoms with Gasteiger partial charge in [0, 0.05) is 10.8 Å². The van der Waals surface area contributed by atoms with E-state index in [9.17, 15) is 20.4 Å². The Morgan fingerprint density at radius 1 is 1.23 bits per heavy atom. The first-order chi connectivity index (χ1) is 12.2. The maximum atomic E-state index is 11.3. The van der Waals surface area contributed by atoms with Crippen LogP contribution in [0.4, 0.5) is 0 Å². The summed E-state index contributed by atoms with van der Waals surface area (Å²) in [5, 5.41) is 42.8. The Hall–Kier alpha value is -0.860. The quantitative estimate of drug-likeness (QED) is 0.425. The zero-order valence-electron chi connectivity index (χ0n) is 15.9. The molecule has 3 saturated carbocycles. The lowest BCUT2D eigenvalue weighted by molar-refractivity contribution is -0.137. The number of aliphatic hydroxyl groups excluding tert-OH is 3. The van der Waals surface area contributed by atoms with Crippen molar-refractivity contribution < 1.29 is 20.4 Å². The first kappa shape index (κ1) is 18.5. The average molecular weight is 360 g/mol. The van der Waals surface area contributed by atoms with Crippen molar-refractivity contribution in [1.82, 2.24) is 0 Å². The molecule has 3 fully saturated rings. The van der Waals surface area contributed by atoms with Gasteiger partial charge in [0.2, 0.25) is 0 Å². The van der Waals surface area contributed by atoms with Crippen molar-refractivity contribution in [3.8, 4) is 12.3 Å². The molecule has 0 aliphatic heterocycles. The molecule has 0 saturated heterocycles. The Labute approximate surface area is 156 Å². The molecule has 4 unspecified atom stereocenters. The third-order valence-corrected chi connectivity index (χ3v) is 8.91. The molecule has 0 spiro atoms. The van der Waals surface area contributed by atoms with Gasteiger partial charge in [-0.3, -0.25) is 0 Å². The monoisotopic (exact) mass is 360 g/mol. The van der Waals surface area contributed by atoms with E-state index in [0.717, 1.165) is 31.3 Å². The van der Waals surface area contributed by atoms with Gasteiger partial charge in [0.05, 0.1) is 18.8 Å². The fraction of sp³-hybridized carbons (Fsp3) is 0.818. The lowest BCUT2D eigenvalue weighted by Gasteiger charge is -2.60. The largest absolute Gasteiger partial charge is 0.395 e. The highest BCUT2D eigenvalue weighted by Gasteiger charge is 2.67. The fourth-order valence-corrected chi connectivity index (χ4v) is 7.39. The zero-order chi connectivity index (χ0) is 18.9. The molecule has 4 aliphatic rings. The van der Waals surface area contributed by atoms with Crippen LogP contribution in [0.3, 0.4) is 0 Å². The molecule has 9 atom stereocenters. The van der Waals surface area contributed by atoms with Crippen LogP contribution in [0, 0.1) is 46.8 Å². The Balaban J connectivity index is 1.79. The summed E-state index contributed by atoms with van der Waals surface area (Å²) < 4.78 is 0. The van der Waals surface area contributed by atoms with E-state index in [1.165, 1.54) is 0 Å². The average Bonchev–Trinajstić information content (AvgIpc) is 2.82. The molecule has 0 radical (unpaired) electrons. The lowest BCUT2D eigenvalue weighted by Crippen LogP contribution is -2.59. The van der Waals surface area contributed by atoms with Crippen molar-refractivity contribution in [2.24, 2.45) is 34.5 Å². The van der Waals surface area contributed by atoms with Crippen LogP contribution in [-0.4, -0.2) is 44.8 Å². The van der Waals surface area contributed by atoms with E-state index >= 15 is 0 Å². The maximum Gasteiger partial charge on any atom is 0.133 e. The maximum absolute atomic E-state index is 11.3. The van der Waals surface area contributed by atoms with Crippen LogP contribution < -0.4 is 0 Å². The van der Waals surface area contributed by atoms with Gasteiger partial charge < -0.3 is 20.4 Å². The predicted molar refractivity (Wildman–Crippen MR) is 98.8 cm³/mol. The summed E-state index contributed by atoms with van der Waals surface area (Å²) in [5.74, 6) is 3.02. The van der Waals surface area contributed by atoms with Crippen LogP contribution in [0.25, 0.3) is 0 Å². The van der Waals surface area contributed by atoms with Crippen molar-refractivity contribution >= 4 is 0 Å². The minimum atomic E-state index is -1.14. The van der Waals surface area contributed by atoms with Crippen molar-refractivity contribution in [1.29, 1.82) is 0 Å². The van der Waals surface area contributed by atoms with E-state index < -0.39 is 17.1 Å². The topological polar surface area (TPSA) is 80.9 Å². The molecule has 0 bridgehead atoms. The van der Waals surface area contributed by atoms with Crippen molar-refractivity contribution in [3.63, 3.8) is 0 Å². The molecular formula is C22H32O4. The molecule has 0 aromatic rings. The second kappa shape index (κ2) is 5.82. The van der Waals surface area contributed by atoms with E-state index in [0.29, 0.717) is 12.8 Å². The molecule has 0 heterocycles. The number of rotatable bonds is 1. The number of terminal acetylenes is 1. The van der Waals surface area contributed by atoms with Gasteiger partial charge in [-0.05, 0) is 62.2 Å². The molecule has 26 heavy (non-hydrogen) atoms. The molecule has 0 aromatic carbocycles. The van der Waals surface area contributed by atoms with Crippen LogP contribution in [0.2, 0.25) is 0 Å². The minimum Gasteiger partial charge on any atom is -0.395 e. The van der Waals surface area contributed by atoms with Gasteiger partial charge in [-0.15, -0.1) is 6.42 Å². The van der Waals surface area contributed by atoms with Crippen molar-refractivity contribution in [2.75, 3.05) is 6.61 Å². The van der Waals surface area contributed by atoms with Crippen LogP contribution in [0.5, 0.6) is 0 Å². The molecule has 4 aliphatic carbocycles. The van der Waals surface area contributed by atoms with Crippen LogP contribution in [-0.2, 0) is 0 Å². The van der Waals surface area contributed by atoms with Gasteiger partial charge in [0.15, 0.2) is 0 Å². The van der Waals surface area contributed by atoms with Gasteiger partial charge in [0.1, 0.15) is 5.60 Å². The second-order valence-corrected chi connectivity index (χ2v) is 9.69. The summed E-state index contributed by atoms with van der Waals surface area (Å²) in [4.78, 5) is 0. The van der Waals surface area contributed by atoms with E-state index in [1.807, 2.05) is 13.0 Å². The normalized spacial score (nSPS) is 56.0. The van der Waals surface area contributed by atoms with Gasteiger partial charge in [-0.25, -0.2) is 0 Å². The molecule has 4 nitrogen and oxygen atoms in total. The molecule has 4 N–H and O–H groups in total. The Kier molecular flexibility index (Phi) is 4.14. The molecule has 0 aromatic heterocycles. The summed E-state index contributed by atoms with van der Waals surface area (Å²) in [6, 6.07) is 0. The summed E-state index contributed by atoms with van der Waals surface area (Å²) in [7, 11) is 0. The van der Waals surface area contributed by atoms with Gasteiger partial charge >= 0.3 is 0 Å². The van der Waals surface area contributed by atoms with Crippen LogP contribution in [0.1, 0.15) is 52.4 Å². The van der Waals surface area contributed by atoms with Crippen molar-refractivity contribution in [2.45, 2.75) is 70.2 Å². The number of fused-ring (bicyclic) bond motifs is 5. The summed E-state index contributed by atoms with van der Waals surface area (Å²) in [5.41, 5.74) is -0.833. The van der Waals surface area contributed by atoms with Crippen LogP contribution in [0.15, 0.2) is 11.6 Å². The SMILES string of the molecule is C#C[C@]1(O)[C@H](C)CC2C3C(O)C=C4C[C@@H](O)CC[C@]4(CO)C3CC[C@@]21C. The Bertz CT molecular complexity index is 666. The zero-order valence-corrected chi connectivity index (χ0v) is 15.9. The first-order valence-electron chi connectivity index (χ1n) is 10.1. The molecule has 0 amide bonds. The third-order valence-electron chi connectivity index (χ3n) is 8.91. The number of aliphatic hydroxyl groups is 4. The van der Waals surface area contributed by atoms with E-state index in [1.54, 1.807) is 0 Å². The first-order valence-corrected chi connectivity index (χ1v) is 10.1.